The van der Waals surface area contributed by atoms with Crippen molar-refractivity contribution in [2.45, 2.75) is 0 Å². The van der Waals surface area contributed by atoms with Gasteiger partial charge in [-0.25, -0.2) is 24.5 Å². The van der Waals surface area contributed by atoms with Crippen molar-refractivity contribution in [2.75, 3.05) is 12.0 Å². The fourth-order valence-corrected chi connectivity index (χ4v) is 4.23. The van der Waals surface area contributed by atoms with E-state index in [4.69, 9.17) is 9.15 Å². The van der Waals surface area contributed by atoms with Crippen LogP contribution in [0.1, 0.15) is 10.5 Å². The van der Waals surface area contributed by atoms with Crippen LogP contribution in [0.2, 0.25) is 0 Å². The molecule has 34 heavy (non-hydrogen) atoms. The SMILES string of the molecule is COC(=O)N(c1cc2cc(-c3ccsc3)ccc2o1)c1cnc(-c2ccccc2)nc1C(=O)O. The minimum Gasteiger partial charge on any atom is -0.476 e. The molecule has 0 saturated carbocycles. The van der Waals surface area contributed by atoms with E-state index in [1.54, 1.807) is 47.7 Å². The van der Waals surface area contributed by atoms with Crippen LogP contribution in [0.4, 0.5) is 16.4 Å². The zero-order chi connectivity index (χ0) is 23.7. The maximum atomic E-state index is 12.8. The van der Waals surface area contributed by atoms with Crippen LogP contribution in [-0.4, -0.2) is 34.2 Å². The topological polar surface area (TPSA) is 106 Å². The van der Waals surface area contributed by atoms with Crippen LogP contribution in [0, 0.1) is 0 Å². The second-order valence-corrected chi connectivity index (χ2v) is 8.03. The van der Waals surface area contributed by atoms with E-state index in [1.165, 1.54) is 13.3 Å². The van der Waals surface area contributed by atoms with Gasteiger partial charge < -0.3 is 14.3 Å². The highest BCUT2D eigenvalue weighted by Gasteiger charge is 2.29. The zero-order valence-corrected chi connectivity index (χ0v) is 18.7. The smallest absolute Gasteiger partial charge is 0.421 e. The fraction of sp³-hybridized carbons (Fsp3) is 0.0400. The maximum Gasteiger partial charge on any atom is 0.421 e. The number of anilines is 2. The van der Waals surface area contributed by atoms with Crippen molar-refractivity contribution in [1.82, 2.24) is 9.97 Å². The molecule has 1 amide bonds. The highest BCUT2D eigenvalue weighted by atomic mass is 32.1. The number of hydrogen-bond acceptors (Lipinski definition) is 7. The summed E-state index contributed by atoms with van der Waals surface area (Å²) in [5, 5.41) is 14.6. The van der Waals surface area contributed by atoms with Gasteiger partial charge in [-0.3, -0.25) is 0 Å². The van der Waals surface area contributed by atoms with Crippen molar-refractivity contribution in [2.24, 2.45) is 0 Å². The lowest BCUT2D eigenvalue weighted by atomic mass is 10.1. The van der Waals surface area contributed by atoms with Gasteiger partial charge in [0, 0.05) is 17.0 Å². The number of carbonyl (C=O) groups excluding carboxylic acids is 1. The Morgan fingerprint density at radius 2 is 1.85 bits per heavy atom. The Balaban J connectivity index is 1.62. The first-order valence-corrected chi connectivity index (χ1v) is 11.1. The first-order chi connectivity index (χ1) is 16.5. The molecule has 0 radical (unpaired) electrons. The summed E-state index contributed by atoms with van der Waals surface area (Å²) in [5.74, 6) is -1.02. The number of carbonyl (C=O) groups is 2. The number of aromatic nitrogens is 2. The number of furan rings is 1. The lowest BCUT2D eigenvalue weighted by molar-refractivity contribution is 0.0691. The Morgan fingerprint density at radius 3 is 2.56 bits per heavy atom. The van der Waals surface area contributed by atoms with E-state index >= 15 is 0 Å². The minimum absolute atomic E-state index is 0.0730. The lowest BCUT2D eigenvalue weighted by Gasteiger charge is -2.19. The van der Waals surface area contributed by atoms with Gasteiger partial charge in [-0.1, -0.05) is 36.4 Å². The number of rotatable bonds is 5. The highest BCUT2D eigenvalue weighted by Crippen LogP contribution is 2.36. The van der Waals surface area contributed by atoms with E-state index in [2.05, 4.69) is 9.97 Å². The van der Waals surface area contributed by atoms with Gasteiger partial charge in [0.25, 0.3) is 0 Å². The molecule has 0 aliphatic carbocycles. The van der Waals surface area contributed by atoms with Crippen molar-refractivity contribution in [3.63, 3.8) is 0 Å². The summed E-state index contributed by atoms with van der Waals surface area (Å²) in [6.45, 7) is 0. The van der Waals surface area contributed by atoms with Crippen molar-refractivity contribution < 1.29 is 23.8 Å². The van der Waals surface area contributed by atoms with Crippen molar-refractivity contribution in [3.05, 3.63) is 83.3 Å². The molecular weight excluding hydrogens is 454 g/mol. The number of aromatic carboxylic acids is 1. The molecule has 0 spiro atoms. The number of fused-ring (bicyclic) bond motifs is 1. The summed E-state index contributed by atoms with van der Waals surface area (Å²) in [4.78, 5) is 34.4. The Bertz CT molecular complexity index is 1500. The van der Waals surface area contributed by atoms with E-state index in [0.29, 0.717) is 11.1 Å². The predicted octanol–water partition coefficient (Wildman–Crippen LogP) is 6.22. The molecule has 0 unspecified atom stereocenters. The standard InChI is InChI=1S/C25H17N3O5S/c1-32-25(31)28(19-13-26-23(27-22(19)24(29)30)15-5-3-2-4-6-15)21-12-18-11-16(7-8-20(18)33-21)17-9-10-34-14-17/h2-14H,1H3,(H,29,30). The van der Waals surface area contributed by atoms with Crippen LogP contribution < -0.4 is 4.90 Å². The van der Waals surface area contributed by atoms with Gasteiger partial charge >= 0.3 is 12.1 Å². The van der Waals surface area contributed by atoms with Gasteiger partial charge in [0.05, 0.1) is 13.3 Å². The molecule has 2 aromatic carbocycles. The Hall–Kier alpha value is -4.50. The van der Waals surface area contributed by atoms with E-state index in [1.807, 2.05) is 35.0 Å². The minimum atomic E-state index is -1.32. The second kappa shape index (κ2) is 8.80. The van der Waals surface area contributed by atoms with Gasteiger partial charge in [-0.15, -0.1) is 0 Å². The Labute approximate surface area is 197 Å². The molecule has 5 aromatic rings. The van der Waals surface area contributed by atoms with Crippen molar-refractivity contribution >= 4 is 45.9 Å². The largest absolute Gasteiger partial charge is 0.476 e. The summed E-state index contributed by atoms with van der Waals surface area (Å²) in [5.41, 5.74) is 2.80. The third-order valence-electron chi connectivity index (χ3n) is 5.18. The number of thiophene rings is 1. The molecule has 0 saturated heterocycles. The molecule has 9 heteroatoms. The summed E-state index contributed by atoms with van der Waals surface area (Å²) in [6, 6.07) is 18.3. The molecule has 1 N–H and O–H groups in total. The quantitative estimate of drug-likeness (QED) is 0.324. The van der Waals surface area contributed by atoms with Crippen LogP contribution in [-0.2, 0) is 4.74 Å². The summed E-state index contributed by atoms with van der Waals surface area (Å²) < 4.78 is 10.8. The summed E-state index contributed by atoms with van der Waals surface area (Å²) >= 11 is 1.60. The number of carboxylic acid groups (broad SMARTS) is 1. The average molecular weight is 471 g/mol. The van der Waals surface area contributed by atoms with E-state index in [0.717, 1.165) is 21.4 Å². The number of methoxy groups -OCH3 is 1. The van der Waals surface area contributed by atoms with Crippen LogP contribution in [0.15, 0.2) is 82.0 Å². The molecule has 3 heterocycles. The molecular formula is C25H17N3O5S. The predicted molar refractivity (Wildman–Crippen MR) is 128 cm³/mol. The van der Waals surface area contributed by atoms with Gasteiger partial charge in [-0.2, -0.15) is 11.3 Å². The molecule has 0 bridgehead atoms. The molecule has 0 atom stereocenters. The third-order valence-corrected chi connectivity index (χ3v) is 5.86. The number of carboxylic acids is 1. The van der Waals surface area contributed by atoms with Gasteiger partial charge in [0.1, 0.15) is 11.3 Å². The fourth-order valence-electron chi connectivity index (χ4n) is 3.57. The lowest BCUT2D eigenvalue weighted by Crippen LogP contribution is -2.28. The first kappa shape index (κ1) is 21.4. The van der Waals surface area contributed by atoms with Crippen molar-refractivity contribution in [3.8, 4) is 22.5 Å². The van der Waals surface area contributed by atoms with Crippen LogP contribution in [0.25, 0.3) is 33.5 Å². The number of nitrogens with zero attached hydrogens (tertiary/aromatic N) is 3. The van der Waals surface area contributed by atoms with Gasteiger partial charge in [-0.05, 0) is 40.1 Å². The van der Waals surface area contributed by atoms with Crippen LogP contribution in [0.3, 0.4) is 0 Å². The van der Waals surface area contributed by atoms with Crippen LogP contribution in [0.5, 0.6) is 0 Å². The average Bonchev–Trinajstić information content (AvgIpc) is 3.54. The molecule has 168 valence electrons. The summed E-state index contributed by atoms with van der Waals surface area (Å²) in [6.07, 6.45) is 0.440. The van der Waals surface area contributed by atoms with E-state index < -0.39 is 12.1 Å². The number of amides is 1. The van der Waals surface area contributed by atoms with Gasteiger partial charge in [0.2, 0.25) is 5.88 Å². The number of ether oxygens (including phenoxy) is 1. The Morgan fingerprint density at radius 1 is 1.03 bits per heavy atom. The molecule has 5 rings (SSSR count). The number of benzene rings is 2. The third kappa shape index (κ3) is 3.89. The maximum absolute atomic E-state index is 12.8. The molecule has 8 nitrogen and oxygen atoms in total. The molecule has 0 aliphatic rings. The molecule has 0 aliphatic heterocycles. The monoisotopic (exact) mass is 471 g/mol. The second-order valence-electron chi connectivity index (χ2n) is 7.25. The molecule has 0 fully saturated rings. The van der Waals surface area contributed by atoms with Gasteiger partial charge in [0.15, 0.2) is 11.5 Å². The van der Waals surface area contributed by atoms with E-state index in [9.17, 15) is 14.7 Å². The van der Waals surface area contributed by atoms with Crippen LogP contribution >= 0.6 is 11.3 Å². The highest BCUT2D eigenvalue weighted by molar-refractivity contribution is 7.08. The number of hydrogen-bond donors (Lipinski definition) is 1. The Kier molecular flexibility index (Phi) is 5.52. The zero-order valence-electron chi connectivity index (χ0n) is 17.8. The van der Waals surface area contributed by atoms with Crippen molar-refractivity contribution in [1.29, 1.82) is 0 Å². The summed E-state index contributed by atoms with van der Waals surface area (Å²) in [7, 11) is 1.20. The normalized spacial score (nSPS) is 10.9. The van der Waals surface area contributed by atoms with E-state index in [-0.39, 0.29) is 23.1 Å². The first-order valence-electron chi connectivity index (χ1n) is 10.1. The molecule has 3 aromatic heterocycles.